The molecule has 0 bridgehead atoms. The molecule has 0 saturated carbocycles. The first-order chi connectivity index (χ1) is 11.7. The molecule has 2 aliphatic rings. The lowest BCUT2D eigenvalue weighted by Crippen LogP contribution is -2.59. The van der Waals surface area contributed by atoms with E-state index in [9.17, 15) is 0 Å². The topological polar surface area (TPSA) is 54.6 Å². The van der Waals surface area contributed by atoms with Crippen molar-refractivity contribution in [3.05, 3.63) is 42.0 Å². The molecule has 2 fully saturated rings. The van der Waals surface area contributed by atoms with Crippen LogP contribution in [0, 0.1) is 6.92 Å². The SMILES string of the molecule is Cc1ccc(N2CCC[C@]3(CN(Cc4ccco4)CCO3)C2)nn1. The molecule has 24 heavy (non-hydrogen) atoms. The zero-order valence-corrected chi connectivity index (χ0v) is 14.1. The molecular weight excluding hydrogens is 304 g/mol. The number of morpholine rings is 1. The van der Waals surface area contributed by atoms with Crippen molar-refractivity contribution >= 4 is 5.82 Å². The van der Waals surface area contributed by atoms with Crippen LogP contribution in [0.4, 0.5) is 5.82 Å². The fourth-order valence-corrected chi connectivity index (χ4v) is 3.78. The van der Waals surface area contributed by atoms with Gasteiger partial charge in [0.05, 0.1) is 30.7 Å². The van der Waals surface area contributed by atoms with Crippen molar-refractivity contribution in [2.24, 2.45) is 0 Å². The molecule has 128 valence electrons. The maximum Gasteiger partial charge on any atom is 0.151 e. The van der Waals surface area contributed by atoms with Crippen LogP contribution in [0.3, 0.4) is 0 Å². The number of piperidine rings is 1. The van der Waals surface area contributed by atoms with E-state index in [1.165, 1.54) is 0 Å². The van der Waals surface area contributed by atoms with E-state index in [-0.39, 0.29) is 5.60 Å². The Hall–Kier alpha value is -1.92. The van der Waals surface area contributed by atoms with E-state index < -0.39 is 0 Å². The van der Waals surface area contributed by atoms with E-state index in [2.05, 4.69) is 26.1 Å². The molecule has 2 aliphatic heterocycles. The van der Waals surface area contributed by atoms with Crippen LogP contribution in [0.5, 0.6) is 0 Å². The predicted molar refractivity (Wildman–Crippen MR) is 90.9 cm³/mol. The minimum absolute atomic E-state index is 0.115. The van der Waals surface area contributed by atoms with Gasteiger partial charge in [0.25, 0.3) is 0 Å². The summed E-state index contributed by atoms with van der Waals surface area (Å²) < 4.78 is 11.8. The number of furan rings is 1. The molecular formula is C18H24N4O2. The second kappa shape index (κ2) is 6.53. The quantitative estimate of drug-likeness (QED) is 0.861. The molecule has 6 nitrogen and oxygen atoms in total. The molecule has 0 radical (unpaired) electrons. The standard InChI is InChI=1S/C18H24N4O2/c1-15-5-6-17(20-19-15)22-8-3-7-18(14-22)13-21(9-11-24-18)12-16-4-2-10-23-16/h2,4-6,10H,3,7-9,11-14H2,1H3/t18-/m0/s1. The largest absolute Gasteiger partial charge is 0.468 e. The third-order valence-electron chi connectivity index (χ3n) is 4.93. The first-order valence-electron chi connectivity index (χ1n) is 8.66. The minimum Gasteiger partial charge on any atom is -0.468 e. The Morgan fingerprint density at radius 1 is 1.17 bits per heavy atom. The van der Waals surface area contributed by atoms with Crippen molar-refractivity contribution in [1.82, 2.24) is 15.1 Å². The summed E-state index contributed by atoms with van der Waals surface area (Å²) in [7, 11) is 0. The van der Waals surface area contributed by atoms with Gasteiger partial charge >= 0.3 is 0 Å². The Labute approximate surface area is 142 Å². The van der Waals surface area contributed by atoms with Gasteiger partial charge in [-0.05, 0) is 44.0 Å². The van der Waals surface area contributed by atoms with Crippen LogP contribution in [0.25, 0.3) is 0 Å². The Morgan fingerprint density at radius 3 is 2.92 bits per heavy atom. The molecule has 2 aromatic rings. The molecule has 4 heterocycles. The van der Waals surface area contributed by atoms with Crippen LogP contribution in [0.15, 0.2) is 34.9 Å². The smallest absolute Gasteiger partial charge is 0.151 e. The number of hydrogen-bond donors (Lipinski definition) is 0. The van der Waals surface area contributed by atoms with Crippen molar-refractivity contribution in [2.75, 3.05) is 37.7 Å². The van der Waals surface area contributed by atoms with Gasteiger partial charge in [-0.2, -0.15) is 5.10 Å². The molecule has 0 aliphatic carbocycles. The normalized spacial score (nSPS) is 25.3. The van der Waals surface area contributed by atoms with Crippen molar-refractivity contribution in [3.63, 3.8) is 0 Å². The van der Waals surface area contributed by atoms with Crippen LogP contribution < -0.4 is 4.90 Å². The van der Waals surface area contributed by atoms with E-state index in [0.717, 1.165) is 69.4 Å². The molecule has 1 spiro atoms. The van der Waals surface area contributed by atoms with E-state index >= 15 is 0 Å². The molecule has 0 N–H and O–H groups in total. The van der Waals surface area contributed by atoms with Gasteiger partial charge in [-0.15, -0.1) is 5.10 Å². The molecule has 0 amide bonds. The van der Waals surface area contributed by atoms with Crippen LogP contribution in [0.1, 0.15) is 24.3 Å². The van der Waals surface area contributed by atoms with Crippen LogP contribution in [0.2, 0.25) is 0 Å². The monoisotopic (exact) mass is 328 g/mol. The fourth-order valence-electron chi connectivity index (χ4n) is 3.78. The highest BCUT2D eigenvalue weighted by atomic mass is 16.5. The summed E-state index contributed by atoms with van der Waals surface area (Å²) in [5.41, 5.74) is 0.833. The molecule has 1 atom stereocenters. The lowest BCUT2D eigenvalue weighted by atomic mass is 9.90. The molecule has 0 aromatic carbocycles. The summed E-state index contributed by atoms with van der Waals surface area (Å²) in [5, 5.41) is 8.55. The summed E-state index contributed by atoms with van der Waals surface area (Å²) >= 11 is 0. The summed E-state index contributed by atoms with van der Waals surface area (Å²) in [6.07, 6.45) is 3.95. The number of hydrogen-bond acceptors (Lipinski definition) is 6. The average molecular weight is 328 g/mol. The van der Waals surface area contributed by atoms with E-state index in [4.69, 9.17) is 9.15 Å². The van der Waals surface area contributed by atoms with Crippen LogP contribution in [-0.4, -0.2) is 53.5 Å². The van der Waals surface area contributed by atoms with Crippen molar-refractivity contribution in [1.29, 1.82) is 0 Å². The number of aryl methyl sites for hydroxylation is 1. The highest BCUT2D eigenvalue weighted by Crippen LogP contribution is 2.31. The zero-order chi connectivity index (χ0) is 16.4. The van der Waals surface area contributed by atoms with E-state index in [1.807, 2.05) is 25.1 Å². The number of anilines is 1. The lowest BCUT2D eigenvalue weighted by molar-refractivity contribution is -0.117. The van der Waals surface area contributed by atoms with Crippen molar-refractivity contribution < 1.29 is 9.15 Å². The number of nitrogens with zero attached hydrogens (tertiary/aromatic N) is 4. The van der Waals surface area contributed by atoms with Gasteiger partial charge in [-0.3, -0.25) is 4.90 Å². The summed E-state index contributed by atoms with van der Waals surface area (Å²) in [4.78, 5) is 4.75. The molecule has 2 saturated heterocycles. The van der Waals surface area contributed by atoms with Crippen LogP contribution >= 0.6 is 0 Å². The third kappa shape index (κ3) is 3.30. The number of ether oxygens (including phenoxy) is 1. The van der Waals surface area contributed by atoms with Gasteiger partial charge < -0.3 is 14.1 Å². The number of aromatic nitrogens is 2. The van der Waals surface area contributed by atoms with Gasteiger partial charge in [0.2, 0.25) is 0 Å². The highest BCUT2D eigenvalue weighted by molar-refractivity contribution is 5.38. The molecule has 2 aromatic heterocycles. The molecule has 0 unspecified atom stereocenters. The summed E-state index contributed by atoms with van der Waals surface area (Å²) in [6.45, 7) is 7.36. The van der Waals surface area contributed by atoms with Gasteiger partial charge in [0.1, 0.15) is 5.76 Å². The first-order valence-corrected chi connectivity index (χ1v) is 8.66. The second-order valence-corrected chi connectivity index (χ2v) is 6.88. The van der Waals surface area contributed by atoms with Crippen molar-refractivity contribution in [3.8, 4) is 0 Å². The maximum atomic E-state index is 6.27. The predicted octanol–water partition coefficient (Wildman–Crippen LogP) is 2.25. The summed E-state index contributed by atoms with van der Waals surface area (Å²) in [5.74, 6) is 1.97. The first kappa shape index (κ1) is 15.6. The van der Waals surface area contributed by atoms with E-state index in [0.29, 0.717) is 0 Å². The van der Waals surface area contributed by atoms with Gasteiger partial charge in [0, 0.05) is 26.2 Å². The summed E-state index contributed by atoms with van der Waals surface area (Å²) in [6, 6.07) is 8.07. The van der Waals surface area contributed by atoms with Crippen LogP contribution in [-0.2, 0) is 11.3 Å². The average Bonchev–Trinajstić information content (AvgIpc) is 3.09. The Kier molecular flexibility index (Phi) is 4.24. The second-order valence-electron chi connectivity index (χ2n) is 6.88. The van der Waals surface area contributed by atoms with Crippen molar-refractivity contribution in [2.45, 2.75) is 31.9 Å². The Balaban J connectivity index is 1.46. The van der Waals surface area contributed by atoms with Gasteiger partial charge in [-0.1, -0.05) is 0 Å². The minimum atomic E-state index is -0.115. The lowest BCUT2D eigenvalue weighted by Gasteiger charge is -2.48. The van der Waals surface area contributed by atoms with Gasteiger partial charge in [0.15, 0.2) is 5.82 Å². The maximum absolute atomic E-state index is 6.27. The Morgan fingerprint density at radius 2 is 2.12 bits per heavy atom. The fraction of sp³-hybridized carbons (Fsp3) is 0.556. The molecule has 4 rings (SSSR count). The molecule has 6 heteroatoms. The Bertz CT molecular complexity index is 654. The number of rotatable bonds is 3. The van der Waals surface area contributed by atoms with E-state index in [1.54, 1.807) is 6.26 Å². The zero-order valence-electron chi connectivity index (χ0n) is 14.1. The van der Waals surface area contributed by atoms with Gasteiger partial charge in [-0.25, -0.2) is 0 Å². The highest BCUT2D eigenvalue weighted by Gasteiger charge is 2.41. The third-order valence-corrected chi connectivity index (χ3v) is 4.93.